The number of halogens is 1. The highest BCUT2D eigenvalue weighted by molar-refractivity contribution is 6.31. The zero-order valence-electron chi connectivity index (χ0n) is 10.3. The van der Waals surface area contributed by atoms with Crippen molar-refractivity contribution in [2.75, 3.05) is 19.8 Å². The molecule has 1 aliphatic heterocycles. The van der Waals surface area contributed by atoms with Crippen molar-refractivity contribution in [3.63, 3.8) is 0 Å². The molecule has 0 aromatic heterocycles. The lowest BCUT2D eigenvalue weighted by molar-refractivity contribution is 0.169. The molecule has 1 aromatic carbocycles. The maximum atomic E-state index is 6.33. The first-order valence-corrected chi connectivity index (χ1v) is 6.37. The van der Waals surface area contributed by atoms with Gasteiger partial charge in [0.05, 0.1) is 0 Å². The lowest BCUT2D eigenvalue weighted by Gasteiger charge is -2.25. The van der Waals surface area contributed by atoms with Gasteiger partial charge in [0.25, 0.3) is 0 Å². The van der Waals surface area contributed by atoms with Crippen molar-refractivity contribution in [3.05, 3.63) is 22.2 Å². The van der Waals surface area contributed by atoms with E-state index in [1.165, 1.54) is 0 Å². The Bertz CT molecular complexity index is 420. The van der Waals surface area contributed by atoms with Crippen LogP contribution in [0.15, 0.2) is 6.07 Å². The van der Waals surface area contributed by atoms with Crippen LogP contribution in [0.25, 0.3) is 0 Å². The molecule has 1 heterocycles. The van der Waals surface area contributed by atoms with E-state index in [0.29, 0.717) is 19.8 Å². The van der Waals surface area contributed by atoms with Crippen molar-refractivity contribution in [2.24, 2.45) is 5.73 Å². The van der Waals surface area contributed by atoms with Gasteiger partial charge >= 0.3 is 0 Å². The predicted molar refractivity (Wildman–Crippen MR) is 69.3 cm³/mol. The Balaban J connectivity index is 2.58. The average molecular weight is 256 g/mol. The molecule has 3 nitrogen and oxygen atoms in total. The average Bonchev–Trinajstić information content (AvgIpc) is 2.36. The largest absolute Gasteiger partial charge is 0.486 e. The topological polar surface area (TPSA) is 44.5 Å². The SMILES string of the molecule is CCc1c2c(cc(Cl)c1C(C)CN)OCCO2. The van der Waals surface area contributed by atoms with Gasteiger partial charge in [0.15, 0.2) is 11.5 Å². The Morgan fingerprint density at radius 1 is 1.41 bits per heavy atom. The Kier molecular flexibility index (Phi) is 3.79. The standard InChI is InChI=1S/C13H18ClNO2/c1-3-9-12(8(2)7-15)10(14)6-11-13(9)17-5-4-16-11/h6,8H,3-5,7,15H2,1-2H3. The molecule has 17 heavy (non-hydrogen) atoms. The maximum absolute atomic E-state index is 6.33. The van der Waals surface area contributed by atoms with Crippen molar-refractivity contribution in [3.8, 4) is 11.5 Å². The van der Waals surface area contributed by atoms with Gasteiger partial charge in [0.2, 0.25) is 0 Å². The van der Waals surface area contributed by atoms with Gasteiger partial charge in [-0.05, 0) is 24.4 Å². The van der Waals surface area contributed by atoms with Crippen LogP contribution in [0, 0.1) is 0 Å². The van der Waals surface area contributed by atoms with Crippen LogP contribution in [0.1, 0.15) is 30.9 Å². The normalized spacial score (nSPS) is 15.8. The fourth-order valence-corrected chi connectivity index (χ4v) is 2.64. The fraction of sp³-hybridized carbons (Fsp3) is 0.538. The minimum atomic E-state index is 0.230. The molecule has 0 spiro atoms. The molecule has 0 amide bonds. The molecule has 2 rings (SSSR count). The lowest BCUT2D eigenvalue weighted by atomic mass is 9.93. The Labute approximate surface area is 107 Å². The third kappa shape index (κ3) is 2.22. The van der Waals surface area contributed by atoms with E-state index < -0.39 is 0 Å². The third-order valence-electron chi connectivity index (χ3n) is 3.13. The van der Waals surface area contributed by atoms with Crippen LogP contribution in [0.3, 0.4) is 0 Å². The highest BCUT2D eigenvalue weighted by Gasteiger charge is 2.23. The van der Waals surface area contributed by atoms with Gasteiger partial charge in [-0.1, -0.05) is 25.4 Å². The van der Waals surface area contributed by atoms with Crippen molar-refractivity contribution in [2.45, 2.75) is 26.2 Å². The Morgan fingerprint density at radius 3 is 2.76 bits per heavy atom. The van der Waals surface area contributed by atoms with Gasteiger partial charge in [-0.3, -0.25) is 0 Å². The summed E-state index contributed by atoms with van der Waals surface area (Å²) in [6, 6.07) is 1.84. The van der Waals surface area contributed by atoms with Gasteiger partial charge in [0.1, 0.15) is 13.2 Å². The summed E-state index contributed by atoms with van der Waals surface area (Å²) in [7, 11) is 0. The summed E-state index contributed by atoms with van der Waals surface area (Å²) in [6.45, 7) is 5.93. The van der Waals surface area contributed by atoms with E-state index in [1.54, 1.807) is 0 Å². The zero-order chi connectivity index (χ0) is 12.4. The van der Waals surface area contributed by atoms with E-state index in [0.717, 1.165) is 34.1 Å². The van der Waals surface area contributed by atoms with E-state index >= 15 is 0 Å². The van der Waals surface area contributed by atoms with Gasteiger partial charge < -0.3 is 15.2 Å². The summed E-state index contributed by atoms with van der Waals surface area (Å²) in [6.07, 6.45) is 0.867. The quantitative estimate of drug-likeness (QED) is 0.903. The zero-order valence-corrected chi connectivity index (χ0v) is 11.0. The van der Waals surface area contributed by atoms with Crippen LogP contribution in [-0.4, -0.2) is 19.8 Å². The molecule has 1 atom stereocenters. The van der Waals surface area contributed by atoms with Crippen molar-refractivity contribution >= 4 is 11.6 Å². The van der Waals surface area contributed by atoms with Crippen molar-refractivity contribution in [1.29, 1.82) is 0 Å². The molecule has 1 aromatic rings. The van der Waals surface area contributed by atoms with Crippen LogP contribution in [0.5, 0.6) is 11.5 Å². The van der Waals surface area contributed by atoms with E-state index in [1.807, 2.05) is 6.07 Å². The number of benzene rings is 1. The first kappa shape index (κ1) is 12.5. The molecule has 0 bridgehead atoms. The van der Waals surface area contributed by atoms with Crippen LogP contribution >= 0.6 is 11.6 Å². The van der Waals surface area contributed by atoms with Crippen molar-refractivity contribution < 1.29 is 9.47 Å². The summed E-state index contributed by atoms with van der Waals surface area (Å²) in [4.78, 5) is 0. The highest BCUT2D eigenvalue weighted by Crippen LogP contribution is 2.42. The summed E-state index contributed by atoms with van der Waals surface area (Å²) in [5, 5.41) is 0.726. The molecule has 4 heteroatoms. The molecule has 0 saturated carbocycles. The van der Waals surface area contributed by atoms with E-state index in [9.17, 15) is 0 Å². The van der Waals surface area contributed by atoms with Crippen LogP contribution in [0.4, 0.5) is 0 Å². The minimum absolute atomic E-state index is 0.230. The van der Waals surface area contributed by atoms with Crippen LogP contribution in [-0.2, 0) is 6.42 Å². The molecule has 1 unspecified atom stereocenters. The number of nitrogens with two attached hydrogens (primary N) is 1. The second-order valence-electron chi connectivity index (χ2n) is 4.27. The molecule has 0 fully saturated rings. The first-order valence-electron chi connectivity index (χ1n) is 6.00. The van der Waals surface area contributed by atoms with E-state index in [2.05, 4.69) is 13.8 Å². The summed E-state index contributed by atoms with van der Waals surface area (Å²) >= 11 is 6.33. The second-order valence-corrected chi connectivity index (χ2v) is 4.67. The van der Waals surface area contributed by atoms with Gasteiger partial charge in [0, 0.05) is 16.7 Å². The van der Waals surface area contributed by atoms with Gasteiger partial charge in [-0.2, -0.15) is 0 Å². The number of fused-ring (bicyclic) bond motifs is 1. The molecular weight excluding hydrogens is 238 g/mol. The first-order chi connectivity index (χ1) is 8.19. The number of rotatable bonds is 3. The van der Waals surface area contributed by atoms with Gasteiger partial charge in [-0.15, -0.1) is 0 Å². The van der Waals surface area contributed by atoms with E-state index in [4.69, 9.17) is 26.8 Å². The summed E-state index contributed by atoms with van der Waals surface area (Å²) in [5.41, 5.74) is 7.97. The molecule has 0 aliphatic carbocycles. The lowest BCUT2D eigenvalue weighted by Crippen LogP contribution is -2.19. The molecule has 94 valence electrons. The fourth-order valence-electron chi connectivity index (χ4n) is 2.24. The van der Waals surface area contributed by atoms with Crippen LogP contribution < -0.4 is 15.2 Å². The second kappa shape index (κ2) is 5.15. The predicted octanol–water partition coefficient (Wildman–Crippen LogP) is 2.74. The number of hydrogen-bond donors (Lipinski definition) is 1. The molecule has 1 aliphatic rings. The van der Waals surface area contributed by atoms with Crippen LogP contribution in [0.2, 0.25) is 5.02 Å². The maximum Gasteiger partial charge on any atom is 0.164 e. The minimum Gasteiger partial charge on any atom is -0.486 e. The summed E-state index contributed by atoms with van der Waals surface area (Å²) in [5.74, 6) is 1.83. The molecular formula is C13H18ClNO2. The third-order valence-corrected chi connectivity index (χ3v) is 3.44. The summed E-state index contributed by atoms with van der Waals surface area (Å²) < 4.78 is 11.3. The molecule has 0 saturated heterocycles. The number of ether oxygens (including phenoxy) is 2. The number of hydrogen-bond acceptors (Lipinski definition) is 3. The Hall–Kier alpha value is -0.930. The monoisotopic (exact) mass is 255 g/mol. The smallest absolute Gasteiger partial charge is 0.164 e. The Morgan fingerprint density at radius 2 is 2.12 bits per heavy atom. The molecule has 2 N–H and O–H groups in total. The van der Waals surface area contributed by atoms with Gasteiger partial charge in [-0.25, -0.2) is 0 Å². The van der Waals surface area contributed by atoms with E-state index in [-0.39, 0.29) is 5.92 Å². The molecule has 0 radical (unpaired) electrons. The highest BCUT2D eigenvalue weighted by atomic mass is 35.5. The van der Waals surface area contributed by atoms with Crippen molar-refractivity contribution in [1.82, 2.24) is 0 Å².